The van der Waals surface area contributed by atoms with E-state index in [1.807, 2.05) is 47.5 Å². The third-order valence-electron chi connectivity index (χ3n) is 4.65. The molecule has 0 saturated carbocycles. The van der Waals surface area contributed by atoms with Crippen molar-refractivity contribution in [3.05, 3.63) is 62.6 Å². The van der Waals surface area contributed by atoms with Gasteiger partial charge < -0.3 is 24.7 Å². The molecule has 0 fully saturated rings. The van der Waals surface area contributed by atoms with E-state index in [0.29, 0.717) is 42.7 Å². The maximum absolute atomic E-state index is 12.7. The van der Waals surface area contributed by atoms with Crippen molar-refractivity contribution in [2.75, 3.05) is 26.9 Å². The summed E-state index contributed by atoms with van der Waals surface area (Å²) in [5.74, 6) is 0.711. The number of aromatic amines is 1. The Morgan fingerprint density at radius 1 is 1.27 bits per heavy atom. The lowest BCUT2D eigenvalue weighted by Gasteiger charge is -2.25. The minimum atomic E-state index is -0.119. The van der Waals surface area contributed by atoms with Gasteiger partial charge in [-0.25, -0.2) is 0 Å². The van der Waals surface area contributed by atoms with Crippen molar-refractivity contribution in [3.8, 4) is 5.75 Å². The Hall–Kier alpha value is -2.42. The van der Waals surface area contributed by atoms with E-state index in [-0.39, 0.29) is 5.56 Å². The Kier molecular flexibility index (Phi) is 8.24. The van der Waals surface area contributed by atoms with Crippen LogP contribution in [-0.2, 0) is 17.8 Å². The van der Waals surface area contributed by atoms with Crippen LogP contribution in [0.15, 0.2) is 46.6 Å². The highest BCUT2D eigenvalue weighted by Gasteiger charge is 2.14. The molecule has 2 heterocycles. The molecule has 3 aromatic rings. The van der Waals surface area contributed by atoms with Crippen LogP contribution in [0.3, 0.4) is 0 Å². The molecule has 30 heavy (non-hydrogen) atoms. The van der Waals surface area contributed by atoms with Gasteiger partial charge in [0.25, 0.3) is 5.56 Å². The highest BCUT2D eigenvalue weighted by atomic mass is 32.1. The molecule has 0 bridgehead atoms. The Bertz CT molecular complexity index is 1020. The molecule has 1 aromatic carbocycles. The molecule has 3 rings (SSSR count). The summed E-state index contributed by atoms with van der Waals surface area (Å²) in [6.45, 7) is 5.20. The molecule has 0 aliphatic rings. The van der Waals surface area contributed by atoms with Crippen LogP contribution in [0.1, 0.15) is 23.8 Å². The summed E-state index contributed by atoms with van der Waals surface area (Å²) in [4.78, 5) is 18.9. The van der Waals surface area contributed by atoms with Crippen molar-refractivity contribution >= 4 is 39.6 Å². The summed E-state index contributed by atoms with van der Waals surface area (Å²) in [7, 11) is 1.61. The minimum Gasteiger partial charge on any atom is -0.497 e. The van der Waals surface area contributed by atoms with Crippen LogP contribution in [0.5, 0.6) is 5.75 Å². The van der Waals surface area contributed by atoms with Crippen molar-refractivity contribution < 1.29 is 9.47 Å². The van der Waals surface area contributed by atoms with Crippen LogP contribution in [-0.4, -0.2) is 41.9 Å². The minimum absolute atomic E-state index is 0.119. The number of ether oxygens (including phenoxy) is 2. The summed E-state index contributed by atoms with van der Waals surface area (Å²) in [5.41, 5.74) is 1.30. The number of thiophene rings is 1. The lowest BCUT2D eigenvalue weighted by molar-refractivity contribution is 0.145. The number of hydrogen-bond donors (Lipinski definition) is 2. The standard InChI is InChI=1S/C22H27N3O3S2/c1-3-28-10-5-9-23-22(29)25(15-19-6-4-11-30-19)14-17-12-16-7-8-18(27-2)13-20(16)24-21(17)26/h4,6-8,11-13H,3,5,9-10,14-15H2,1-2H3,(H,23,29)(H,24,26). The fourth-order valence-corrected chi connectivity index (χ4v) is 4.04. The molecule has 8 heteroatoms. The zero-order valence-corrected chi connectivity index (χ0v) is 18.9. The van der Waals surface area contributed by atoms with Gasteiger partial charge in [0.1, 0.15) is 5.75 Å². The number of nitrogens with zero attached hydrogens (tertiary/aromatic N) is 1. The van der Waals surface area contributed by atoms with Crippen LogP contribution >= 0.6 is 23.6 Å². The van der Waals surface area contributed by atoms with Gasteiger partial charge in [0.15, 0.2) is 5.11 Å². The number of thiocarbonyl (C=S) groups is 1. The van der Waals surface area contributed by atoms with Crippen LogP contribution in [0.4, 0.5) is 0 Å². The first-order valence-corrected chi connectivity index (χ1v) is 11.2. The first-order chi connectivity index (χ1) is 14.6. The van der Waals surface area contributed by atoms with Crippen LogP contribution in [0.2, 0.25) is 0 Å². The van der Waals surface area contributed by atoms with Crippen molar-refractivity contribution in [2.45, 2.75) is 26.4 Å². The number of aromatic nitrogens is 1. The topological polar surface area (TPSA) is 66.6 Å². The lowest BCUT2D eigenvalue weighted by atomic mass is 10.1. The molecule has 2 N–H and O–H groups in total. The zero-order valence-electron chi connectivity index (χ0n) is 17.3. The molecule has 160 valence electrons. The summed E-state index contributed by atoms with van der Waals surface area (Å²) in [5, 5.41) is 6.93. The van der Waals surface area contributed by atoms with E-state index in [2.05, 4.69) is 16.4 Å². The number of rotatable bonds is 10. The number of nitrogens with one attached hydrogen (secondary N) is 2. The zero-order chi connectivity index (χ0) is 21.3. The van der Waals surface area contributed by atoms with E-state index >= 15 is 0 Å². The third kappa shape index (κ3) is 6.04. The number of hydrogen-bond acceptors (Lipinski definition) is 5. The maximum atomic E-state index is 12.7. The molecule has 0 atom stereocenters. The molecule has 2 aromatic heterocycles. The van der Waals surface area contributed by atoms with Gasteiger partial charge in [0, 0.05) is 36.3 Å². The Labute approximate surface area is 185 Å². The SMILES string of the molecule is CCOCCCNC(=S)N(Cc1cccs1)Cc1cc2ccc(OC)cc2[nH]c1=O. The number of pyridine rings is 1. The lowest BCUT2D eigenvalue weighted by Crippen LogP contribution is -2.40. The van der Waals surface area contributed by atoms with Crippen LogP contribution < -0.4 is 15.6 Å². The molecular weight excluding hydrogens is 418 g/mol. The summed E-state index contributed by atoms with van der Waals surface area (Å²) < 4.78 is 10.6. The van der Waals surface area contributed by atoms with Gasteiger partial charge in [-0.2, -0.15) is 0 Å². The molecule has 6 nitrogen and oxygen atoms in total. The maximum Gasteiger partial charge on any atom is 0.253 e. The van der Waals surface area contributed by atoms with Crippen LogP contribution in [0.25, 0.3) is 10.9 Å². The van der Waals surface area contributed by atoms with Gasteiger partial charge in [0.2, 0.25) is 0 Å². The quantitative estimate of drug-likeness (QED) is 0.364. The second kappa shape index (κ2) is 11.1. The summed E-state index contributed by atoms with van der Waals surface area (Å²) >= 11 is 7.32. The van der Waals surface area contributed by atoms with Gasteiger partial charge in [-0.3, -0.25) is 4.79 Å². The summed E-state index contributed by atoms with van der Waals surface area (Å²) in [6.07, 6.45) is 0.874. The number of methoxy groups -OCH3 is 1. The van der Waals surface area contributed by atoms with E-state index in [1.165, 1.54) is 4.88 Å². The molecule has 0 unspecified atom stereocenters. The molecule has 0 amide bonds. The van der Waals surface area contributed by atoms with Gasteiger partial charge in [-0.1, -0.05) is 6.07 Å². The van der Waals surface area contributed by atoms with Gasteiger partial charge >= 0.3 is 0 Å². The highest BCUT2D eigenvalue weighted by Crippen LogP contribution is 2.20. The third-order valence-corrected chi connectivity index (χ3v) is 5.91. The van der Waals surface area contributed by atoms with E-state index in [0.717, 1.165) is 23.9 Å². The largest absolute Gasteiger partial charge is 0.497 e. The highest BCUT2D eigenvalue weighted by molar-refractivity contribution is 7.80. The van der Waals surface area contributed by atoms with E-state index in [9.17, 15) is 4.79 Å². The smallest absolute Gasteiger partial charge is 0.253 e. The predicted octanol–water partition coefficient (Wildman–Crippen LogP) is 3.90. The van der Waals surface area contributed by atoms with Crippen molar-refractivity contribution in [3.63, 3.8) is 0 Å². The summed E-state index contributed by atoms with van der Waals surface area (Å²) in [6, 6.07) is 11.7. The normalized spacial score (nSPS) is 10.9. The molecule has 0 saturated heterocycles. The van der Waals surface area contributed by atoms with Crippen molar-refractivity contribution in [1.82, 2.24) is 15.2 Å². The predicted molar refractivity (Wildman–Crippen MR) is 126 cm³/mol. The first kappa shape index (κ1) is 22.3. The van der Waals surface area contributed by atoms with Gasteiger partial charge in [-0.05, 0) is 60.6 Å². The van der Waals surface area contributed by atoms with Crippen molar-refractivity contribution in [1.29, 1.82) is 0 Å². The molecule has 0 radical (unpaired) electrons. The number of benzene rings is 1. The monoisotopic (exact) mass is 445 g/mol. The Balaban J connectivity index is 1.77. The van der Waals surface area contributed by atoms with E-state index in [1.54, 1.807) is 18.4 Å². The molecular formula is C22H27N3O3S2. The van der Waals surface area contributed by atoms with Crippen molar-refractivity contribution in [2.24, 2.45) is 0 Å². The molecule has 0 spiro atoms. The first-order valence-electron chi connectivity index (χ1n) is 9.93. The van der Waals surface area contributed by atoms with E-state index < -0.39 is 0 Å². The van der Waals surface area contributed by atoms with Crippen LogP contribution in [0, 0.1) is 0 Å². The Morgan fingerprint density at radius 2 is 2.13 bits per heavy atom. The van der Waals surface area contributed by atoms with Gasteiger partial charge in [-0.15, -0.1) is 11.3 Å². The number of H-pyrrole nitrogens is 1. The fraction of sp³-hybridized carbons (Fsp3) is 0.364. The fourth-order valence-electron chi connectivity index (χ4n) is 3.09. The second-order valence-electron chi connectivity index (χ2n) is 6.79. The average molecular weight is 446 g/mol. The second-order valence-corrected chi connectivity index (χ2v) is 8.21. The Morgan fingerprint density at radius 3 is 2.87 bits per heavy atom. The van der Waals surface area contributed by atoms with E-state index in [4.69, 9.17) is 21.7 Å². The average Bonchev–Trinajstić information content (AvgIpc) is 3.26. The molecule has 0 aliphatic carbocycles. The number of fused-ring (bicyclic) bond motifs is 1. The molecule has 0 aliphatic heterocycles. The van der Waals surface area contributed by atoms with Gasteiger partial charge in [0.05, 0.1) is 25.7 Å².